The smallest absolute Gasteiger partial charge is 0.404 e. The molecule has 4 saturated heterocycles. The van der Waals surface area contributed by atoms with E-state index in [1.807, 2.05) is 43.0 Å². The Bertz CT molecular complexity index is 1570. The minimum atomic E-state index is -3.24. The third-order valence-electron chi connectivity index (χ3n) is 10.1. The number of benzene rings is 1. The first kappa shape index (κ1) is 32.9. The molecule has 4 aliphatic rings. The van der Waals surface area contributed by atoms with Gasteiger partial charge in [-0.15, -0.1) is 0 Å². The number of nitrogens with zero attached hydrogens (tertiary/aromatic N) is 4. The van der Waals surface area contributed by atoms with Gasteiger partial charge in [0.15, 0.2) is 15.6 Å². The van der Waals surface area contributed by atoms with Crippen molar-refractivity contribution in [1.82, 2.24) is 24.6 Å². The number of carbonyl (C=O) groups is 2. The van der Waals surface area contributed by atoms with Crippen LogP contribution in [0.2, 0.25) is 0 Å². The standard InChI is InChI=1S/C33H47N5O7S/c1-23(2)38-28-7-4-3-6-24(28)20-30(32(38)40)45-33(41)34-25-21-26-9-10-27(22-25)37(26)16-19-46(42,43)18-15-35-11-13-36(14-12-35)31(39)29-8-5-17-44-29/h3-4,6-7,20,23,25-27,29H,5,8-19,21-22H2,1-2H3,(H,34,41)/t25?,26-,27+,29?. The number of piperidine rings is 1. The van der Waals surface area contributed by atoms with Crippen molar-refractivity contribution in [1.29, 1.82) is 0 Å². The van der Waals surface area contributed by atoms with Crippen LogP contribution in [0.5, 0.6) is 5.75 Å². The second-order valence-electron chi connectivity index (χ2n) is 13.5. The Morgan fingerprint density at radius 2 is 1.70 bits per heavy atom. The number of carbonyl (C=O) groups excluding carboxylic acids is 2. The van der Waals surface area contributed by atoms with E-state index >= 15 is 0 Å². The minimum absolute atomic E-state index is 0.00422. The van der Waals surface area contributed by atoms with E-state index in [-0.39, 0.29) is 59.0 Å². The number of pyridine rings is 1. The van der Waals surface area contributed by atoms with Gasteiger partial charge in [-0.05, 0) is 64.5 Å². The van der Waals surface area contributed by atoms with Crippen molar-refractivity contribution in [2.24, 2.45) is 0 Å². The Kier molecular flexibility index (Phi) is 10.0. The second-order valence-corrected chi connectivity index (χ2v) is 15.8. The van der Waals surface area contributed by atoms with E-state index in [0.717, 1.165) is 36.6 Å². The number of rotatable bonds is 10. The molecule has 252 valence electrons. The lowest BCUT2D eigenvalue weighted by Crippen LogP contribution is -2.52. The van der Waals surface area contributed by atoms with Crippen molar-refractivity contribution in [2.75, 3.05) is 57.4 Å². The highest BCUT2D eigenvalue weighted by Gasteiger charge is 2.41. The summed E-state index contributed by atoms with van der Waals surface area (Å²) < 4.78 is 38.8. The molecule has 0 aliphatic carbocycles. The fourth-order valence-electron chi connectivity index (χ4n) is 7.68. The number of nitrogens with one attached hydrogen (secondary N) is 1. The van der Waals surface area contributed by atoms with E-state index in [0.29, 0.717) is 58.7 Å². The van der Waals surface area contributed by atoms with Gasteiger partial charge >= 0.3 is 6.09 Å². The zero-order valence-corrected chi connectivity index (χ0v) is 27.8. The van der Waals surface area contributed by atoms with E-state index in [1.165, 1.54) is 0 Å². The highest BCUT2D eigenvalue weighted by atomic mass is 32.2. The van der Waals surface area contributed by atoms with E-state index < -0.39 is 15.9 Å². The number of hydrogen-bond acceptors (Lipinski definition) is 9. The van der Waals surface area contributed by atoms with Crippen molar-refractivity contribution in [2.45, 2.75) is 82.6 Å². The molecule has 1 N–H and O–H groups in total. The summed E-state index contributed by atoms with van der Waals surface area (Å²) in [7, 11) is -3.24. The second kappa shape index (κ2) is 14.0. The molecule has 1 aromatic carbocycles. The van der Waals surface area contributed by atoms with Gasteiger partial charge in [0.2, 0.25) is 0 Å². The summed E-state index contributed by atoms with van der Waals surface area (Å²) in [4.78, 5) is 45.0. The normalized spacial score (nSPS) is 25.8. The average molecular weight is 658 g/mol. The molecule has 2 aromatic rings. The van der Waals surface area contributed by atoms with Gasteiger partial charge in [-0.2, -0.15) is 0 Å². The van der Waals surface area contributed by atoms with Crippen LogP contribution in [0.3, 0.4) is 0 Å². The van der Waals surface area contributed by atoms with E-state index in [2.05, 4.69) is 15.1 Å². The third kappa shape index (κ3) is 7.42. The monoisotopic (exact) mass is 657 g/mol. The van der Waals surface area contributed by atoms with Crippen molar-refractivity contribution < 1.29 is 27.5 Å². The van der Waals surface area contributed by atoms with Gasteiger partial charge in [0, 0.05) is 75.4 Å². The molecule has 0 spiro atoms. The summed E-state index contributed by atoms with van der Waals surface area (Å²) in [5.74, 6) is 0.293. The number of para-hydroxylation sites is 1. The predicted octanol–water partition coefficient (Wildman–Crippen LogP) is 2.40. The first-order chi connectivity index (χ1) is 22.1. The van der Waals surface area contributed by atoms with E-state index in [9.17, 15) is 22.8 Å². The van der Waals surface area contributed by atoms with E-state index in [4.69, 9.17) is 9.47 Å². The van der Waals surface area contributed by atoms with Crippen LogP contribution < -0.4 is 15.6 Å². The summed E-state index contributed by atoms with van der Waals surface area (Å²) in [6.07, 6.45) is 4.13. The van der Waals surface area contributed by atoms with Crippen LogP contribution in [-0.4, -0.2) is 121 Å². The first-order valence-corrected chi connectivity index (χ1v) is 18.6. The predicted molar refractivity (Wildman–Crippen MR) is 175 cm³/mol. The Hall–Kier alpha value is -3.00. The summed E-state index contributed by atoms with van der Waals surface area (Å²) in [6.45, 7) is 8.03. The number of aromatic nitrogens is 1. The van der Waals surface area contributed by atoms with Crippen LogP contribution in [0, 0.1) is 0 Å². The van der Waals surface area contributed by atoms with Crippen LogP contribution >= 0.6 is 0 Å². The SMILES string of the molecule is CC(C)n1c(=O)c(OC(=O)NC2C[C@H]3CC[C@@H](C2)N3CCS(=O)(=O)CCN2CCN(C(=O)C3CCCO3)CC2)cc2ccccc21. The fourth-order valence-corrected chi connectivity index (χ4v) is 8.91. The largest absolute Gasteiger partial charge is 0.413 e. The Balaban J connectivity index is 0.954. The molecular formula is C33H47N5O7S. The van der Waals surface area contributed by atoms with Crippen LogP contribution in [0.15, 0.2) is 35.1 Å². The first-order valence-electron chi connectivity index (χ1n) is 16.8. The molecule has 46 heavy (non-hydrogen) atoms. The van der Waals surface area contributed by atoms with Crippen molar-refractivity contribution >= 4 is 32.7 Å². The van der Waals surface area contributed by atoms with Gasteiger partial charge in [0.1, 0.15) is 6.10 Å². The minimum Gasteiger partial charge on any atom is -0.404 e. The molecule has 0 radical (unpaired) electrons. The maximum absolute atomic E-state index is 13.2. The van der Waals surface area contributed by atoms with Crippen LogP contribution in [0.25, 0.3) is 10.9 Å². The van der Waals surface area contributed by atoms with Gasteiger partial charge in [-0.25, -0.2) is 13.2 Å². The molecule has 13 heteroatoms. The summed E-state index contributed by atoms with van der Waals surface area (Å²) in [5.41, 5.74) is 0.453. The number of hydrogen-bond donors (Lipinski definition) is 1. The average Bonchev–Trinajstić information content (AvgIpc) is 3.65. The van der Waals surface area contributed by atoms with Gasteiger partial charge in [-0.1, -0.05) is 18.2 Å². The maximum Gasteiger partial charge on any atom is 0.413 e. The lowest BCUT2D eigenvalue weighted by Gasteiger charge is -2.39. The van der Waals surface area contributed by atoms with Gasteiger partial charge < -0.3 is 24.3 Å². The molecule has 2 bridgehead atoms. The van der Waals surface area contributed by atoms with Crippen molar-refractivity contribution in [3.8, 4) is 5.75 Å². The van der Waals surface area contributed by atoms with Gasteiger partial charge in [0.05, 0.1) is 17.0 Å². The van der Waals surface area contributed by atoms with Crippen LogP contribution in [0.1, 0.15) is 58.4 Å². The third-order valence-corrected chi connectivity index (χ3v) is 11.7. The summed E-state index contributed by atoms with van der Waals surface area (Å²) in [5, 5.41) is 3.80. The molecule has 4 fully saturated rings. The molecule has 5 heterocycles. The molecule has 12 nitrogen and oxygen atoms in total. The molecule has 4 atom stereocenters. The molecule has 1 aromatic heterocycles. The highest BCUT2D eigenvalue weighted by Crippen LogP contribution is 2.35. The van der Waals surface area contributed by atoms with Crippen molar-refractivity contribution in [3.05, 3.63) is 40.7 Å². The summed E-state index contributed by atoms with van der Waals surface area (Å²) >= 11 is 0. The highest BCUT2D eigenvalue weighted by molar-refractivity contribution is 7.91. The molecule has 6 rings (SSSR count). The van der Waals surface area contributed by atoms with Gasteiger partial charge in [-0.3, -0.25) is 19.4 Å². The lowest BCUT2D eigenvalue weighted by atomic mass is 9.97. The Morgan fingerprint density at radius 1 is 1.00 bits per heavy atom. The number of sulfone groups is 1. The molecule has 0 saturated carbocycles. The summed E-state index contributed by atoms with van der Waals surface area (Å²) in [6, 6.07) is 9.37. The van der Waals surface area contributed by atoms with E-state index in [1.54, 1.807) is 10.6 Å². The molecule has 2 amide bonds. The number of amides is 2. The molecule has 4 aliphatic heterocycles. The number of ether oxygens (including phenoxy) is 2. The Labute approximate surface area is 270 Å². The Morgan fingerprint density at radius 3 is 2.37 bits per heavy atom. The molecule has 2 unspecified atom stereocenters. The zero-order chi connectivity index (χ0) is 32.4. The van der Waals surface area contributed by atoms with Crippen molar-refractivity contribution in [3.63, 3.8) is 0 Å². The molecular weight excluding hydrogens is 610 g/mol. The quantitative estimate of drug-likeness (QED) is 0.410. The number of fused-ring (bicyclic) bond motifs is 3. The van der Waals surface area contributed by atoms with Crippen LogP contribution in [0.4, 0.5) is 4.79 Å². The number of piperazine rings is 1. The van der Waals surface area contributed by atoms with Crippen LogP contribution in [-0.2, 0) is 19.4 Å². The topological polar surface area (TPSA) is 130 Å². The van der Waals surface area contributed by atoms with Gasteiger partial charge in [0.25, 0.3) is 11.5 Å². The maximum atomic E-state index is 13.2. The zero-order valence-electron chi connectivity index (χ0n) is 26.9. The fraction of sp³-hybridized carbons (Fsp3) is 0.667. The lowest BCUT2D eigenvalue weighted by molar-refractivity contribution is -0.142.